The van der Waals surface area contributed by atoms with Gasteiger partial charge in [-0.3, -0.25) is 0 Å². The van der Waals surface area contributed by atoms with Crippen LogP contribution in [0.15, 0.2) is 10.3 Å². The minimum absolute atomic E-state index is 0.403. The van der Waals surface area contributed by atoms with Crippen molar-refractivity contribution in [3.8, 4) is 0 Å². The molecule has 1 aromatic heterocycles. The fourth-order valence-electron chi connectivity index (χ4n) is 2.44. The van der Waals surface area contributed by atoms with E-state index in [1.165, 1.54) is 24.2 Å². The minimum atomic E-state index is -3.47. The van der Waals surface area contributed by atoms with Crippen LogP contribution in [0.5, 0.6) is 0 Å². The number of hydrogen-bond acceptors (Lipinski definition) is 5. The summed E-state index contributed by atoms with van der Waals surface area (Å²) in [6, 6.07) is 2.40. The number of aryl methyl sites for hydroxylation is 1. The zero-order valence-corrected chi connectivity index (χ0v) is 14.1. The van der Waals surface area contributed by atoms with E-state index in [0.29, 0.717) is 29.9 Å². The molecular formula is C14H22N2O3S2. The zero-order valence-electron chi connectivity index (χ0n) is 12.4. The zero-order chi connectivity index (χ0) is 15.1. The molecule has 1 saturated carbocycles. The third-order valence-electron chi connectivity index (χ3n) is 3.99. The normalized spacial score (nSPS) is 26.4. The van der Waals surface area contributed by atoms with Crippen LogP contribution in [0, 0.1) is 6.92 Å². The predicted octanol–water partition coefficient (Wildman–Crippen LogP) is 1.77. The molecule has 1 aromatic rings. The molecule has 2 heterocycles. The Morgan fingerprint density at radius 3 is 2.86 bits per heavy atom. The van der Waals surface area contributed by atoms with Crippen LogP contribution in [-0.2, 0) is 21.3 Å². The van der Waals surface area contributed by atoms with Crippen molar-refractivity contribution >= 4 is 21.4 Å². The molecule has 1 atom stereocenters. The minimum Gasteiger partial charge on any atom is -0.379 e. The Labute approximate surface area is 130 Å². The summed E-state index contributed by atoms with van der Waals surface area (Å²) in [5.41, 5.74) is 0.560. The van der Waals surface area contributed by atoms with Crippen molar-refractivity contribution in [3.63, 3.8) is 0 Å². The fourth-order valence-corrected chi connectivity index (χ4v) is 5.41. The lowest BCUT2D eigenvalue weighted by Crippen LogP contribution is -2.46. The van der Waals surface area contributed by atoms with E-state index >= 15 is 0 Å². The number of nitrogens with one attached hydrogen (secondary N) is 2. The van der Waals surface area contributed by atoms with Gasteiger partial charge in [-0.2, -0.15) is 0 Å². The van der Waals surface area contributed by atoms with E-state index in [-0.39, 0.29) is 0 Å². The third-order valence-corrected chi connectivity index (χ3v) is 7.34. The molecule has 3 rings (SSSR count). The lowest BCUT2D eigenvalue weighted by molar-refractivity contribution is 0.178. The van der Waals surface area contributed by atoms with Crippen LogP contribution in [0.4, 0.5) is 0 Å². The summed E-state index contributed by atoms with van der Waals surface area (Å²) in [4.78, 5) is 1.11. The molecule has 0 amide bonds. The maximum Gasteiger partial charge on any atom is 0.250 e. The lowest BCUT2D eigenvalue weighted by Gasteiger charge is -2.22. The fraction of sp³-hybridized carbons (Fsp3) is 0.714. The molecule has 5 nitrogen and oxygen atoms in total. The van der Waals surface area contributed by atoms with Gasteiger partial charge in [0.2, 0.25) is 0 Å². The standard InChI is InChI=1S/C14H22N2O3S2/c1-10-7-13(20-12(10)8-15-11-3-4-11)21(17,18)16-14(2)5-6-19-9-14/h7,11,15-16H,3-6,8-9H2,1-2H3. The second-order valence-electron chi connectivity index (χ2n) is 6.30. The topological polar surface area (TPSA) is 67.4 Å². The van der Waals surface area contributed by atoms with Crippen molar-refractivity contribution in [1.82, 2.24) is 10.0 Å². The highest BCUT2D eigenvalue weighted by Gasteiger charge is 2.35. The van der Waals surface area contributed by atoms with E-state index in [9.17, 15) is 8.42 Å². The molecule has 7 heteroatoms. The number of thiophene rings is 1. The Morgan fingerprint density at radius 2 is 2.24 bits per heavy atom. The Hall–Kier alpha value is -0.470. The Bertz CT molecular complexity index is 614. The Balaban J connectivity index is 1.73. The third kappa shape index (κ3) is 3.65. The van der Waals surface area contributed by atoms with Gasteiger partial charge >= 0.3 is 0 Å². The van der Waals surface area contributed by atoms with E-state index in [2.05, 4.69) is 10.0 Å². The molecule has 1 aliphatic carbocycles. The average molecular weight is 330 g/mol. The van der Waals surface area contributed by atoms with Gasteiger partial charge in [0.15, 0.2) is 0 Å². The molecule has 0 spiro atoms. The molecule has 0 bridgehead atoms. The molecule has 2 aliphatic rings. The maximum atomic E-state index is 12.5. The predicted molar refractivity (Wildman–Crippen MR) is 83.1 cm³/mol. The van der Waals surface area contributed by atoms with Crippen LogP contribution in [-0.4, -0.2) is 33.2 Å². The highest BCUT2D eigenvalue weighted by molar-refractivity contribution is 7.91. The van der Waals surface area contributed by atoms with Gasteiger partial charge in [0.25, 0.3) is 10.0 Å². The first-order chi connectivity index (χ1) is 9.88. The Kier molecular flexibility index (Phi) is 4.13. The van der Waals surface area contributed by atoms with Crippen molar-refractivity contribution < 1.29 is 13.2 Å². The number of hydrogen-bond donors (Lipinski definition) is 2. The van der Waals surface area contributed by atoms with Crippen LogP contribution in [0.1, 0.15) is 36.6 Å². The summed E-state index contributed by atoms with van der Waals surface area (Å²) in [6.07, 6.45) is 3.18. The molecular weight excluding hydrogens is 308 g/mol. The van der Waals surface area contributed by atoms with Gasteiger partial charge in [0.1, 0.15) is 4.21 Å². The van der Waals surface area contributed by atoms with Gasteiger partial charge in [-0.05, 0) is 44.7 Å². The van der Waals surface area contributed by atoms with Crippen molar-refractivity contribution in [3.05, 3.63) is 16.5 Å². The number of sulfonamides is 1. The van der Waals surface area contributed by atoms with Crippen molar-refractivity contribution in [1.29, 1.82) is 0 Å². The van der Waals surface area contributed by atoms with Gasteiger partial charge in [-0.25, -0.2) is 13.1 Å². The smallest absolute Gasteiger partial charge is 0.250 e. The van der Waals surface area contributed by atoms with Crippen LogP contribution in [0.3, 0.4) is 0 Å². The van der Waals surface area contributed by atoms with Crippen LogP contribution >= 0.6 is 11.3 Å². The van der Waals surface area contributed by atoms with Gasteiger partial charge in [0.05, 0.1) is 12.1 Å². The summed E-state index contributed by atoms with van der Waals surface area (Å²) in [6.45, 7) is 5.68. The number of rotatable bonds is 6. The summed E-state index contributed by atoms with van der Waals surface area (Å²) >= 11 is 1.36. The molecule has 1 saturated heterocycles. The number of ether oxygens (including phenoxy) is 1. The van der Waals surface area contributed by atoms with E-state index in [4.69, 9.17) is 4.74 Å². The maximum absolute atomic E-state index is 12.5. The van der Waals surface area contributed by atoms with E-state index < -0.39 is 15.6 Å². The van der Waals surface area contributed by atoms with Crippen LogP contribution < -0.4 is 10.0 Å². The first kappa shape index (κ1) is 15.4. The second kappa shape index (κ2) is 5.62. The molecule has 21 heavy (non-hydrogen) atoms. The molecule has 1 unspecified atom stereocenters. The molecule has 2 N–H and O–H groups in total. The van der Waals surface area contributed by atoms with Crippen LogP contribution in [0.25, 0.3) is 0 Å². The monoisotopic (exact) mass is 330 g/mol. The van der Waals surface area contributed by atoms with E-state index in [1.807, 2.05) is 13.8 Å². The first-order valence-electron chi connectivity index (χ1n) is 7.32. The highest BCUT2D eigenvalue weighted by atomic mass is 32.2. The molecule has 0 aromatic carbocycles. The van der Waals surface area contributed by atoms with Crippen LogP contribution in [0.2, 0.25) is 0 Å². The average Bonchev–Trinajstić information content (AvgIpc) is 3.02. The van der Waals surface area contributed by atoms with Crippen molar-refractivity contribution in [2.75, 3.05) is 13.2 Å². The summed E-state index contributed by atoms with van der Waals surface area (Å²) < 4.78 is 33.6. The first-order valence-corrected chi connectivity index (χ1v) is 9.62. The molecule has 2 fully saturated rings. The van der Waals surface area contributed by atoms with Gasteiger partial charge in [-0.15, -0.1) is 11.3 Å². The molecule has 0 radical (unpaired) electrons. The largest absolute Gasteiger partial charge is 0.379 e. The van der Waals surface area contributed by atoms with Crippen molar-refractivity contribution in [2.24, 2.45) is 0 Å². The summed E-state index contributed by atoms with van der Waals surface area (Å²) in [5.74, 6) is 0. The van der Waals surface area contributed by atoms with Gasteiger partial charge < -0.3 is 10.1 Å². The van der Waals surface area contributed by atoms with E-state index in [0.717, 1.165) is 17.0 Å². The summed E-state index contributed by atoms with van der Waals surface area (Å²) in [5, 5.41) is 3.43. The lowest BCUT2D eigenvalue weighted by atomic mass is 10.0. The molecule has 1 aliphatic heterocycles. The Morgan fingerprint density at radius 1 is 1.48 bits per heavy atom. The molecule has 118 valence electrons. The van der Waals surface area contributed by atoms with Gasteiger partial charge in [-0.1, -0.05) is 0 Å². The summed E-state index contributed by atoms with van der Waals surface area (Å²) in [7, 11) is -3.47. The second-order valence-corrected chi connectivity index (χ2v) is 9.34. The highest BCUT2D eigenvalue weighted by Crippen LogP contribution is 2.29. The quantitative estimate of drug-likeness (QED) is 0.834. The van der Waals surface area contributed by atoms with Crippen molar-refractivity contribution in [2.45, 2.75) is 55.4 Å². The SMILES string of the molecule is Cc1cc(S(=O)(=O)NC2(C)CCOC2)sc1CNC1CC1. The van der Waals surface area contributed by atoms with Gasteiger partial charge in [0, 0.05) is 24.1 Å². The van der Waals surface area contributed by atoms with E-state index in [1.54, 1.807) is 6.07 Å².